The highest BCUT2D eigenvalue weighted by atomic mass is 16.4. The highest BCUT2D eigenvalue weighted by Gasteiger charge is 2.16. The molecule has 0 aliphatic rings. The van der Waals surface area contributed by atoms with E-state index in [-0.39, 0.29) is 17.7 Å². The second kappa shape index (κ2) is 5.28. The van der Waals surface area contributed by atoms with Crippen molar-refractivity contribution < 1.29 is 9.90 Å². The molecule has 20 heavy (non-hydrogen) atoms. The molecule has 0 unspecified atom stereocenters. The zero-order valence-corrected chi connectivity index (χ0v) is 11.7. The van der Waals surface area contributed by atoms with Crippen molar-refractivity contribution in [2.75, 3.05) is 0 Å². The SMILES string of the molecule is Cc1cccnc1Cn1c(C)c(C(=O)O)c(C)cc1=O. The molecule has 2 aromatic heterocycles. The summed E-state index contributed by atoms with van der Waals surface area (Å²) < 4.78 is 1.45. The van der Waals surface area contributed by atoms with Crippen molar-refractivity contribution in [2.24, 2.45) is 0 Å². The summed E-state index contributed by atoms with van der Waals surface area (Å²) in [5.41, 5.74) is 2.63. The second-order valence-corrected chi connectivity index (χ2v) is 4.78. The van der Waals surface area contributed by atoms with E-state index in [1.165, 1.54) is 10.6 Å². The van der Waals surface area contributed by atoms with Crippen molar-refractivity contribution in [2.45, 2.75) is 27.3 Å². The normalized spacial score (nSPS) is 10.6. The molecule has 5 nitrogen and oxygen atoms in total. The van der Waals surface area contributed by atoms with Gasteiger partial charge < -0.3 is 9.67 Å². The van der Waals surface area contributed by atoms with Crippen LogP contribution in [0.25, 0.3) is 0 Å². The molecular weight excluding hydrogens is 256 g/mol. The predicted molar refractivity (Wildman–Crippen MR) is 75.2 cm³/mol. The maximum absolute atomic E-state index is 12.1. The van der Waals surface area contributed by atoms with Gasteiger partial charge in [0.2, 0.25) is 0 Å². The molecule has 0 atom stereocenters. The van der Waals surface area contributed by atoms with Gasteiger partial charge in [0.05, 0.1) is 17.8 Å². The largest absolute Gasteiger partial charge is 0.478 e. The van der Waals surface area contributed by atoms with Crippen LogP contribution in [-0.4, -0.2) is 20.6 Å². The number of nitrogens with zero attached hydrogens (tertiary/aromatic N) is 2. The van der Waals surface area contributed by atoms with Crippen LogP contribution in [-0.2, 0) is 6.54 Å². The third-order valence-corrected chi connectivity index (χ3v) is 3.41. The molecule has 0 saturated heterocycles. The lowest BCUT2D eigenvalue weighted by atomic mass is 10.1. The van der Waals surface area contributed by atoms with E-state index in [1.807, 2.05) is 19.1 Å². The quantitative estimate of drug-likeness (QED) is 0.926. The van der Waals surface area contributed by atoms with Crippen molar-refractivity contribution in [3.8, 4) is 0 Å². The minimum absolute atomic E-state index is 0.179. The van der Waals surface area contributed by atoms with Gasteiger partial charge in [-0.2, -0.15) is 0 Å². The third kappa shape index (κ3) is 2.47. The molecule has 0 saturated carbocycles. The molecular formula is C15H16N2O3. The van der Waals surface area contributed by atoms with Crippen LogP contribution in [0.2, 0.25) is 0 Å². The minimum atomic E-state index is -1.02. The summed E-state index contributed by atoms with van der Waals surface area (Å²) in [6.45, 7) is 5.47. The zero-order chi connectivity index (χ0) is 14.9. The Kier molecular flexibility index (Phi) is 3.70. The van der Waals surface area contributed by atoms with Gasteiger partial charge in [0.15, 0.2) is 0 Å². The van der Waals surface area contributed by atoms with Gasteiger partial charge in [-0.05, 0) is 38.0 Å². The number of carbonyl (C=O) groups is 1. The number of carboxylic acid groups (broad SMARTS) is 1. The van der Waals surface area contributed by atoms with Gasteiger partial charge in [-0.25, -0.2) is 4.79 Å². The monoisotopic (exact) mass is 272 g/mol. The molecule has 0 bridgehead atoms. The molecule has 5 heteroatoms. The average molecular weight is 272 g/mol. The number of aromatic carboxylic acids is 1. The lowest BCUT2D eigenvalue weighted by molar-refractivity contribution is 0.0694. The highest BCUT2D eigenvalue weighted by molar-refractivity contribution is 5.90. The number of carboxylic acids is 1. The Hall–Kier alpha value is -2.43. The van der Waals surface area contributed by atoms with E-state index in [0.29, 0.717) is 11.3 Å². The molecule has 0 amide bonds. The van der Waals surface area contributed by atoms with Crippen molar-refractivity contribution >= 4 is 5.97 Å². The molecule has 1 N–H and O–H groups in total. The van der Waals surface area contributed by atoms with Gasteiger partial charge in [0, 0.05) is 18.0 Å². The van der Waals surface area contributed by atoms with Crippen molar-refractivity contribution in [3.63, 3.8) is 0 Å². The molecule has 0 aliphatic carbocycles. The lowest BCUT2D eigenvalue weighted by Gasteiger charge is -2.14. The minimum Gasteiger partial charge on any atom is -0.478 e. The predicted octanol–water partition coefficient (Wildman–Crippen LogP) is 1.92. The van der Waals surface area contributed by atoms with Crippen LogP contribution in [0.5, 0.6) is 0 Å². The number of aromatic nitrogens is 2. The van der Waals surface area contributed by atoms with E-state index in [2.05, 4.69) is 4.98 Å². The van der Waals surface area contributed by atoms with Crippen LogP contribution in [0.3, 0.4) is 0 Å². The molecule has 2 heterocycles. The second-order valence-electron chi connectivity index (χ2n) is 4.78. The van der Waals surface area contributed by atoms with Crippen LogP contribution in [0.15, 0.2) is 29.2 Å². The highest BCUT2D eigenvalue weighted by Crippen LogP contribution is 2.13. The van der Waals surface area contributed by atoms with Crippen molar-refractivity contribution in [3.05, 3.63) is 62.8 Å². The maximum atomic E-state index is 12.1. The molecule has 104 valence electrons. The first kappa shape index (κ1) is 14.0. The first-order chi connectivity index (χ1) is 9.41. The molecule has 2 aromatic rings. The van der Waals surface area contributed by atoms with Crippen LogP contribution >= 0.6 is 0 Å². The molecule has 0 aliphatic heterocycles. The van der Waals surface area contributed by atoms with Crippen LogP contribution in [0, 0.1) is 20.8 Å². The number of rotatable bonds is 3. The Morgan fingerprint density at radius 1 is 1.30 bits per heavy atom. The average Bonchev–Trinajstić information content (AvgIpc) is 2.35. The summed E-state index contributed by atoms with van der Waals surface area (Å²) in [5, 5.41) is 9.25. The van der Waals surface area contributed by atoms with E-state index >= 15 is 0 Å². The molecule has 0 fully saturated rings. The molecule has 0 aromatic carbocycles. The molecule has 0 spiro atoms. The number of hydrogen-bond donors (Lipinski definition) is 1. The Morgan fingerprint density at radius 3 is 2.60 bits per heavy atom. The van der Waals surface area contributed by atoms with Crippen LogP contribution in [0.1, 0.15) is 32.9 Å². The number of hydrogen-bond acceptors (Lipinski definition) is 3. The summed E-state index contributed by atoms with van der Waals surface area (Å²) in [5.74, 6) is -1.02. The summed E-state index contributed by atoms with van der Waals surface area (Å²) in [7, 11) is 0. The first-order valence-corrected chi connectivity index (χ1v) is 6.26. The van der Waals surface area contributed by atoms with Gasteiger partial charge in [-0.3, -0.25) is 9.78 Å². The lowest BCUT2D eigenvalue weighted by Crippen LogP contribution is -2.26. The van der Waals surface area contributed by atoms with Crippen molar-refractivity contribution in [1.29, 1.82) is 0 Å². The number of aryl methyl sites for hydroxylation is 2. The topological polar surface area (TPSA) is 72.2 Å². The van der Waals surface area contributed by atoms with Crippen LogP contribution < -0.4 is 5.56 Å². The number of pyridine rings is 2. The summed E-state index contributed by atoms with van der Waals surface area (Å²) in [6, 6.07) is 5.09. The summed E-state index contributed by atoms with van der Waals surface area (Å²) in [4.78, 5) is 27.6. The van der Waals surface area contributed by atoms with Crippen molar-refractivity contribution in [1.82, 2.24) is 9.55 Å². The maximum Gasteiger partial charge on any atom is 0.337 e. The van der Waals surface area contributed by atoms with E-state index in [1.54, 1.807) is 20.0 Å². The van der Waals surface area contributed by atoms with E-state index in [0.717, 1.165) is 11.3 Å². The fourth-order valence-corrected chi connectivity index (χ4v) is 2.27. The Balaban J connectivity index is 2.58. The van der Waals surface area contributed by atoms with Gasteiger partial charge in [0.1, 0.15) is 0 Å². The standard InChI is InChI=1S/C15H16N2O3/c1-9-5-4-6-16-12(9)8-17-11(3)14(15(19)20)10(2)7-13(17)18/h4-7H,8H2,1-3H3,(H,19,20). The van der Waals surface area contributed by atoms with Gasteiger partial charge in [-0.1, -0.05) is 6.07 Å². The first-order valence-electron chi connectivity index (χ1n) is 6.26. The fourth-order valence-electron chi connectivity index (χ4n) is 2.27. The summed E-state index contributed by atoms with van der Waals surface area (Å²) in [6.07, 6.45) is 1.66. The smallest absolute Gasteiger partial charge is 0.337 e. The van der Waals surface area contributed by atoms with E-state index < -0.39 is 5.97 Å². The Morgan fingerprint density at radius 2 is 2.00 bits per heavy atom. The van der Waals surface area contributed by atoms with E-state index in [9.17, 15) is 14.7 Å². The van der Waals surface area contributed by atoms with Gasteiger partial charge in [-0.15, -0.1) is 0 Å². The zero-order valence-electron chi connectivity index (χ0n) is 11.7. The van der Waals surface area contributed by atoms with Crippen LogP contribution in [0.4, 0.5) is 0 Å². The Labute approximate surface area is 116 Å². The fraction of sp³-hybridized carbons (Fsp3) is 0.267. The third-order valence-electron chi connectivity index (χ3n) is 3.41. The Bertz CT molecular complexity index is 732. The summed E-state index contributed by atoms with van der Waals surface area (Å²) >= 11 is 0. The van der Waals surface area contributed by atoms with Gasteiger partial charge in [0.25, 0.3) is 5.56 Å². The van der Waals surface area contributed by atoms with E-state index in [4.69, 9.17) is 0 Å². The molecule has 2 rings (SSSR count). The molecule has 0 radical (unpaired) electrons. The van der Waals surface area contributed by atoms with Gasteiger partial charge >= 0.3 is 5.97 Å².